The summed E-state index contributed by atoms with van der Waals surface area (Å²) in [4.78, 5) is 15.6. The zero-order valence-corrected chi connectivity index (χ0v) is 12.6. The summed E-state index contributed by atoms with van der Waals surface area (Å²) in [5, 5.41) is 12.1. The molecule has 0 radical (unpaired) electrons. The highest BCUT2D eigenvalue weighted by Crippen LogP contribution is 2.26. The number of aliphatic carboxylic acids is 1. The van der Waals surface area contributed by atoms with Gasteiger partial charge < -0.3 is 5.11 Å². The first-order valence-electron chi connectivity index (χ1n) is 6.89. The molecule has 0 spiro atoms. The summed E-state index contributed by atoms with van der Waals surface area (Å²) in [7, 11) is 0. The first kappa shape index (κ1) is 14.7. The molecule has 20 heavy (non-hydrogen) atoms. The summed E-state index contributed by atoms with van der Waals surface area (Å²) in [6.07, 6.45) is 3.37. The minimum atomic E-state index is -0.797. The molecule has 0 aliphatic heterocycles. The third-order valence-electron chi connectivity index (χ3n) is 3.37. The zero-order valence-electron chi connectivity index (χ0n) is 11.8. The van der Waals surface area contributed by atoms with Gasteiger partial charge in [0.05, 0.1) is 11.6 Å². The van der Waals surface area contributed by atoms with Gasteiger partial charge in [0.2, 0.25) is 0 Å². The number of unbranched alkanes of at least 4 members (excludes halogenated alkanes) is 1. The van der Waals surface area contributed by atoms with Crippen molar-refractivity contribution in [3.05, 3.63) is 40.9 Å². The fourth-order valence-corrected chi connectivity index (χ4v) is 2.83. The molecule has 4 heteroatoms. The van der Waals surface area contributed by atoms with E-state index in [-0.39, 0.29) is 0 Å². The fourth-order valence-electron chi connectivity index (χ4n) is 1.97. The maximum Gasteiger partial charge on any atom is 0.310 e. The van der Waals surface area contributed by atoms with Gasteiger partial charge in [-0.3, -0.25) is 4.79 Å². The third kappa shape index (κ3) is 3.45. The third-order valence-corrected chi connectivity index (χ3v) is 4.31. The van der Waals surface area contributed by atoms with Crippen molar-refractivity contribution in [1.29, 1.82) is 0 Å². The Morgan fingerprint density at radius 2 is 2.05 bits per heavy atom. The minimum Gasteiger partial charge on any atom is -0.481 e. The lowest BCUT2D eigenvalue weighted by Gasteiger charge is -2.06. The Labute approximate surface area is 123 Å². The average Bonchev–Trinajstić information content (AvgIpc) is 2.93. The molecule has 106 valence electrons. The highest BCUT2D eigenvalue weighted by atomic mass is 32.1. The number of carboxylic acid groups (broad SMARTS) is 1. The Kier molecular flexibility index (Phi) is 4.90. The summed E-state index contributed by atoms with van der Waals surface area (Å²) >= 11 is 1.65. The summed E-state index contributed by atoms with van der Waals surface area (Å²) < 4.78 is 0. The number of aromatic nitrogens is 1. The van der Waals surface area contributed by atoms with Gasteiger partial charge in [0.25, 0.3) is 0 Å². The van der Waals surface area contributed by atoms with Crippen LogP contribution >= 0.6 is 11.3 Å². The molecule has 1 aromatic heterocycles. The Morgan fingerprint density at radius 3 is 2.65 bits per heavy atom. The van der Waals surface area contributed by atoms with E-state index in [1.807, 2.05) is 24.3 Å². The smallest absolute Gasteiger partial charge is 0.310 e. The van der Waals surface area contributed by atoms with Gasteiger partial charge in [-0.1, -0.05) is 37.6 Å². The maximum absolute atomic E-state index is 10.9. The van der Waals surface area contributed by atoms with E-state index in [1.165, 1.54) is 6.42 Å². The van der Waals surface area contributed by atoms with Crippen LogP contribution in [0, 0.1) is 0 Å². The van der Waals surface area contributed by atoms with E-state index in [4.69, 9.17) is 5.11 Å². The molecule has 0 saturated carbocycles. The van der Waals surface area contributed by atoms with Crippen LogP contribution in [0.5, 0.6) is 0 Å². The number of hydrogen-bond donors (Lipinski definition) is 1. The molecule has 0 amide bonds. The van der Waals surface area contributed by atoms with Gasteiger partial charge in [0.15, 0.2) is 0 Å². The minimum absolute atomic E-state index is 0.472. The molecule has 1 N–H and O–H groups in total. The second-order valence-electron chi connectivity index (χ2n) is 4.93. The lowest BCUT2D eigenvalue weighted by molar-refractivity contribution is -0.138. The normalized spacial score (nSPS) is 12.3. The van der Waals surface area contributed by atoms with Crippen LogP contribution in [-0.2, 0) is 11.2 Å². The zero-order chi connectivity index (χ0) is 14.5. The van der Waals surface area contributed by atoms with E-state index in [9.17, 15) is 4.79 Å². The van der Waals surface area contributed by atoms with Crippen LogP contribution in [0.25, 0.3) is 10.6 Å². The molecule has 1 heterocycles. The van der Waals surface area contributed by atoms with Crippen molar-refractivity contribution in [2.45, 2.75) is 39.0 Å². The number of thiazole rings is 1. The molecule has 3 nitrogen and oxygen atoms in total. The number of aryl methyl sites for hydroxylation is 1. The molecular weight excluding hydrogens is 270 g/mol. The molecule has 0 fully saturated rings. The Morgan fingerprint density at radius 1 is 1.35 bits per heavy atom. The van der Waals surface area contributed by atoms with Crippen molar-refractivity contribution < 1.29 is 9.90 Å². The number of hydrogen-bond acceptors (Lipinski definition) is 3. The van der Waals surface area contributed by atoms with Gasteiger partial charge in [-0.2, -0.15) is 0 Å². The highest BCUT2D eigenvalue weighted by molar-refractivity contribution is 7.13. The Balaban J connectivity index is 2.13. The summed E-state index contributed by atoms with van der Waals surface area (Å²) in [5.41, 5.74) is 3.03. The second kappa shape index (κ2) is 6.66. The molecule has 0 bridgehead atoms. The van der Waals surface area contributed by atoms with Crippen LogP contribution in [0.3, 0.4) is 0 Å². The van der Waals surface area contributed by atoms with Crippen molar-refractivity contribution in [2.75, 3.05) is 0 Å². The van der Waals surface area contributed by atoms with Gasteiger partial charge in [0.1, 0.15) is 5.01 Å². The second-order valence-corrected chi connectivity index (χ2v) is 5.79. The van der Waals surface area contributed by atoms with Crippen molar-refractivity contribution in [1.82, 2.24) is 4.98 Å². The van der Waals surface area contributed by atoms with Crippen LogP contribution in [0.15, 0.2) is 29.6 Å². The van der Waals surface area contributed by atoms with Crippen LogP contribution < -0.4 is 0 Å². The van der Waals surface area contributed by atoms with Crippen LogP contribution in [0.1, 0.15) is 43.9 Å². The lowest BCUT2D eigenvalue weighted by Crippen LogP contribution is -2.06. The predicted molar refractivity (Wildman–Crippen MR) is 82.2 cm³/mol. The van der Waals surface area contributed by atoms with Crippen LogP contribution in [0.2, 0.25) is 0 Å². The monoisotopic (exact) mass is 289 g/mol. The van der Waals surface area contributed by atoms with Crippen LogP contribution in [-0.4, -0.2) is 16.1 Å². The quantitative estimate of drug-likeness (QED) is 0.860. The van der Waals surface area contributed by atoms with Crippen LogP contribution in [0.4, 0.5) is 0 Å². The van der Waals surface area contributed by atoms with Gasteiger partial charge in [0, 0.05) is 10.9 Å². The van der Waals surface area contributed by atoms with E-state index in [0.29, 0.717) is 0 Å². The van der Waals surface area contributed by atoms with E-state index >= 15 is 0 Å². The van der Waals surface area contributed by atoms with Crippen molar-refractivity contribution in [2.24, 2.45) is 0 Å². The molecule has 1 unspecified atom stereocenters. The van der Waals surface area contributed by atoms with Gasteiger partial charge in [-0.15, -0.1) is 11.3 Å². The largest absolute Gasteiger partial charge is 0.481 e. The van der Waals surface area contributed by atoms with E-state index in [2.05, 4.69) is 17.3 Å². The van der Waals surface area contributed by atoms with Gasteiger partial charge in [-0.05, 0) is 25.3 Å². The van der Waals surface area contributed by atoms with Gasteiger partial charge >= 0.3 is 5.97 Å². The Hall–Kier alpha value is -1.68. The average molecular weight is 289 g/mol. The molecule has 2 aromatic rings. The molecule has 0 aliphatic rings. The van der Waals surface area contributed by atoms with E-state index in [0.717, 1.165) is 34.7 Å². The first-order valence-corrected chi connectivity index (χ1v) is 7.77. The fraction of sp³-hybridized carbons (Fsp3) is 0.375. The Bertz CT molecular complexity index is 574. The highest BCUT2D eigenvalue weighted by Gasteiger charge is 2.13. The molecule has 2 rings (SSSR count). The molecule has 0 aliphatic carbocycles. The summed E-state index contributed by atoms with van der Waals surface area (Å²) in [6, 6.07) is 7.66. The molecule has 1 aromatic carbocycles. The SMILES string of the molecule is CCCCc1csc(-c2ccc(C(C)C(=O)O)cc2)n1. The van der Waals surface area contributed by atoms with E-state index < -0.39 is 11.9 Å². The number of carbonyl (C=O) groups is 1. The van der Waals surface area contributed by atoms with Crippen molar-refractivity contribution in [3.8, 4) is 10.6 Å². The number of benzene rings is 1. The van der Waals surface area contributed by atoms with Gasteiger partial charge in [-0.25, -0.2) is 4.98 Å². The van der Waals surface area contributed by atoms with E-state index in [1.54, 1.807) is 18.3 Å². The maximum atomic E-state index is 10.9. The standard InChI is InChI=1S/C16H19NO2S/c1-3-4-5-14-10-20-15(17-14)13-8-6-12(7-9-13)11(2)16(18)19/h6-11H,3-5H2,1-2H3,(H,18,19). The number of nitrogens with zero attached hydrogens (tertiary/aromatic N) is 1. The molecule has 0 saturated heterocycles. The summed E-state index contributed by atoms with van der Waals surface area (Å²) in [6.45, 7) is 3.87. The number of rotatable bonds is 6. The lowest BCUT2D eigenvalue weighted by atomic mass is 10.0. The first-order chi connectivity index (χ1) is 9.61. The topological polar surface area (TPSA) is 50.2 Å². The van der Waals surface area contributed by atoms with Crippen molar-refractivity contribution in [3.63, 3.8) is 0 Å². The molecular formula is C16H19NO2S. The number of carboxylic acids is 1. The molecule has 1 atom stereocenters. The summed E-state index contributed by atoms with van der Waals surface area (Å²) in [5.74, 6) is -1.27. The predicted octanol–water partition coefficient (Wildman–Crippen LogP) is 4.34. The van der Waals surface area contributed by atoms with Crippen molar-refractivity contribution >= 4 is 17.3 Å².